The van der Waals surface area contributed by atoms with Gasteiger partial charge in [0, 0.05) is 18.2 Å². The van der Waals surface area contributed by atoms with Gasteiger partial charge in [-0.15, -0.1) is 0 Å². The Bertz CT molecular complexity index is 392. The molecule has 0 aromatic heterocycles. The van der Waals surface area contributed by atoms with Crippen molar-refractivity contribution in [1.82, 2.24) is 5.32 Å². The van der Waals surface area contributed by atoms with E-state index in [1.165, 1.54) is 56.9 Å². The Hall–Kier alpha value is -1.02. The van der Waals surface area contributed by atoms with Crippen LogP contribution >= 0.6 is 0 Å². The van der Waals surface area contributed by atoms with Crippen molar-refractivity contribution in [2.45, 2.75) is 70.1 Å². The van der Waals surface area contributed by atoms with Crippen LogP contribution in [0, 0.1) is 0 Å². The van der Waals surface area contributed by atoms with Gasteiger partial charge in [0.05, 0.1) is 6.10 Å². The Kier molecular flexibility index (Phi) is 4.39. The van der Waals surface area contributed by atoms with Crippen molar-refractivity contribution in [2.75, 3.05) is 0 Å². The van der Waals surface area contributed by atoms with Gasteiger partial charge in [-0.05, 0) is 44.6 Å². The molecule has 104 valence electrons. The molecule has 3 rings (SSSR count). The number of hydrogen-bond acceptors (Lipinski definition) is 2. The number of rotatable bonds is 5. The maximum atomic E-state index is 6.28. The molecule has 2 saturated carbocycles. The molecule has 0 amide bonds. The van der Waals surface area contributed by atoms with Gasteiger partial charge in [0.15, 0.2) is 0 Å². The second-order valence-corrected chi connectivity index (χ2v) is 5.99. The highest BCUT2D eigenvalue weighted by atomic mass is 16.5. The Balaban J connectivity index is 1.61. The minimum atomic E-state index is 0.435. The van der Waals surface area contributed by atoms with E-state index in [-0.39, 0.29) is 0 Å². The van der Waals surface area contributed by atoms with E-state index in [4.69, 9.17) is 4.74 Å². The Morgan fingerprint density at radius 1 is 0.947 bits per heavy atom. The van der Waals surface area contributed by atoms with E-state index in [2.05, 4.69) is 29.6 Å². The first kappa shape index (κ1) is 13.0. The molecule has 2 heteroatoms. The van der Waals surface area contributed by atoms with E-state index >= 15 is 0 Å². The molecule has 19 heavy (non-hydrogen) atoms. The minimum absolute atomic E-state index is 0.435. The first-order valence-electron chi connectivity index (χ1n) is 7.90. The Morgan fingerprint density at radius 2 is 1.68 bits per heavy atom. The van der Waals surface area contributed by atoms with Crippen molar-refractivity contribution in [3.63, 3.8) is 0 Å². The molecule has 1 aromatic carbocycles. The molecule has 0 aliphatic heterocycles. The summed E-state index contributed by atoms with van der Waals surface area (Å²) in [6.45, 7) is 0.952. The standard InChI is InChI=1S/C17H25NO/c1-2-4-9-16(8-3-1)19-17-10-6-5-7-14(17)13-18-15-11-12-15/h5-7,10,15-16,18H,1-4,8-9,11-13H2. The zero-order valence-electron chi connectivity index (χ0n) is 11.7. The predicted octanol–water partition coefficient (Wildman–Crippen LogP) is 4.04. The molecule has 0 saturated heterocycles. The SMILES string of the molecule is c1ccc(OC2CCCCCC2)c(CNC2CC2)c1. The average molecular weight is 259 g/mol. The third-order valence-electron chi connectivity index (χ3n) is 4.23. The summed E-state index contributed by atoms with van der Waals surface area (Å²) < 4.78 is 6.28. The van der Waals surface area contributed by atoms with Crippen LogP contribution in [0.4, 0.5) is 0 Å². The highest BCUT2D eigenvalue weighted by molar-refractivity contribution is 5.33. The van der Waals surface area contributed by atoms with Gasteiger partial charge < -0.3 is 10.1 Å². The lowest BCUT2D eigenvalue weighted by atomic mass is 10.1. The second-order valence-electron chi connectivity index (χ2n) is 5.99. The molecular formula is C17H25NO. The number of hydrogen-bond donors (Lipinski definition) is 1. The molecule has 0 unspecified atom stereocenters. The maximum Gasteiger partial charge on any atom is 0.124 e. The van der Waals surface area contributed by atoms with Gasteiger partial charge in [-0.1, -0.05) is 31.0 Å². The second kappa shape index (κ2) is 6.42. The molecule has 0 heterocycles. The van der Waals surface area contributed by atoms with E-state index in [1.807, 2.05) is 0 Å². The third kappa shape index (κ3) is 3.97. The van der Waals surface area contributed by atoms with Crippen LogP contribution in [-0.2, 0) is 6.54 Å². The fourth-order valence-electron chi connectivity index (χ4n) is 2.85. The number of para-hydroxylation sites is 1. The highest BCUT2D eigenvalue weighted by Gasteiger charge is 2.21. The summed E-state index contributed by atoms with van der Waals surface area (Å²) in [6.07, 6.45) is 11.0. The van der Waals surface area contributed by atoms with Gasteiger partial charge in [0.2, 0.25) is 0 Å². The monoisotopic (exact) mass is 259 g/mol. The molecule has 0 spiro atoms. The molecule has 1 N–H and O–H groups in total. The van der Waals surface area contributed by atoms with Gasteiger partial charge >= 0.3 is 0 Å². The zero-order chi connectivity index (χ0) is 12.9. The summed E-state index contributed by atoms with van der Waals surface area (Å²) in [4.78, 5) is 0. The lowest BCUT2D eigenvalue weighted by Gasteiger charge is -2.19. The molecule has 1 aromatic rings. The minimum Gasteiger partial charge on any atom is -0.490 e. The van der Waals surface area contributed by atoms with E-state index in [9.17, 15) is 0 Å². The number of ether oxygens (including phenoxy) is 1. The third-order valence-corrected chi connectivity index (χ3v) is 4.23. The van der Waals surface area contributed by atoms with Crippen molar-refractivity contribution in [1.29, 1.82) is 0 Å². The quantitative estimate of drug-likeness (QED) is 0.806. The van der Waals surface area contributed by atoms with E-state index in [1.54, 1.807) is 0 Å². The van der Waals surface area contributed by atoms with Gasteiger partial charge in [-0.3, -0.25) is 0 Å². The fraction of sp³-hybridized carbons (Fsp3) is 0.647. The number of nitrogens with one attached hydrogen (secondary N) is 1. The van der Waals surface area contributed by atoms with Crippen molar-refractivity contribution in [2.24, 2.45) is 0 Å². The van der Waals surface area contributed by atoms with Crippen LogP contribution in [-0.4, -0.2) is 12.1 Å². The van der Waals surface area contributed by atoms with Gasteiger partial charge in [0.1, 0.15) is 5.75 Å². The number of benzene rings is 1. The summed E-state index contributed by atoms with van der Waals surface area (Å²) in [5.41, 5.74) is 1.32. The van der Waals surface area contributed by atoms with Crippen molar-refractivity contribution < 1.29 is 4.74 Å². The van der Waals surface area contributed by atoms with Gasteiger partial charge in [-0.2, -0.15) is 0 Å². The average Bonchev–Trinajstić information content (AvgIpc) is 3.25. The van der Waals surface area contributed by atoms with E-state index < -0.39 is 0 Å². The first-order valence-corrected chi connectivity index (χ1v) is 7.90. The molecule has 2 aliphatic rings. The summed E-state index contributed by atoms with van der Waals surface area (Å²) >= 11 is 0. The zero-order valence-corrected chi connectivity index (χ0v) is 11.7. The summed E-state index contributed by atoms with van der Waals surface area (Å²) in [5.74, 6) is 1.10. The van der Waals surface area contributed by atoms with Gasteiger partial charge in [0.25, 0.3) is 0 Å². The van der Waals surface area contributed by atoms with Crippen LogP contribution in [0.25, 0.3) is 0 Å². The lowest BCUT2D eigenvalue weighted by molar-refractivity contribution is 0.181. The first-order chi connectivity index (χ1) is 9.42. The Morgan fingerprint density at radius 3 is 2.42 bits per heavy atom. The summed E-state index contributed by atoms with van der Waals surface area (Å²) in [7, 11) is 0. The largest absolute Gasteiger partial charge is 0.490 e. The molecule has 2 aliphatic carbocycles. The predicted molar refractivity (Wildman–Crippen MR) is 78.4 cm³/mol. The summed E-state index contributed by atoms with van der Waals surface area (Å²) in [6, 6.07) is 9.29. The smallest absolute Gasteiger partial charge is 0.124 e. The molecule has 0 bridgehead atoms. The van der Waals surface area contributed by atoms with Gasteiger partial charge in [-0.25, -0.2) is 0 Å². The van der Waals surface area contributed by atoms with Crippen LogP contribution in [0.1, 0.15) is 56.9 Å². The molecule has 0 atom stereocenters. The topological polar surface area (TPSA) is 21.3 Å². The van der Waals surface area contributed by atoms with Crippen LogP contribution in [0.5, 0.6) is 5.75 Å². The maximum absolute atomic E-state index is 6.28. The van der Waals surface area contributed by atoms with Crippen molar-refractivity contribution in [3.8, 4) is 5.75 Å². The molecule has 2 fully saturated rings. The molecular weight excluding hydrogens is 234 g/mol. The van der Waals surface area contributed by atoms with Crippen molar-refractivity contribution >= 4 is 0 Å². The lowest BCUT2D eigenvalue weighted by Crippen LogP contribution is -2.19. The Labute approximate surface area is 116 Å². The fourth-order valence-corrected chi connectivity index (χ4v) is 2.85. The highest BCUT2D eigenvalue weighted by Crippen LogP contribution is 2.26. The molecule has 2 nitrogen and oxygen atoms in total. The van der Waals surface area contributed by atoms with Crippen LogP contribution in [0.15, 0.2) is 24.3 Å². The normalized spacial score (nSPS) is 21.1. The van der Waals surface area contributed by atoms with E-state index in [0.717, 1.165) is 18.3 Å². The van der Waals surface area contributed by atoms with Crippen LogP contribution in [0.2, 0.25) is 0 Å². The van der Waals surface area contributed by atoms with Crippen LogP contribution in [0.3, 0.4) is 0 Å². The van der Waals surface area contributed by atoms with Crippen LogP contribution < -0.4 is 10.1 Å². The van der Waals surface area contributed by atoms with E-state index in [0.29, 0.717) is 6.10 Å². The summed E-state index contributed by atoms with van der Waals surface area (Å²) in [5, 5.41) is 3.58. The molecule has 0 radical (unpaired) electrons. The van der Waals surface area contributed by atoms with Crippen molar-refractivity contribution in [3.05, 3.63) is 29.8 Å².